The Labute approximate surface area is 128 Å². The van der Waals surface area contributed by atoms with Gasteiger partial charge in [0.2, 0.25) is 0 Å². The van der Waals surface area contributed by atoms with E-state index in [1.54, 1.807) is 12.1 Å². The first kappa shape index (κ1) is 17.6. The van der Waals surface area contributed by atoms with E-state index in [0.29, 0.717) is 22.6 Å². The molecule has 1 aromatic rings. The maximum atomic E-state index is 12.0. The predicted octanol–water partition coefficient (Wildman–Crippen LogP) is 0.749. The summed E-state index contributed by atoms with van der Waals surface area (Å²) < 4.78 is 0. The third-order valence-corrected chi connectivity index (χ3v) is 4.23. The summed E-state index contributed by atoms with van der Waals surface area (Å²) >= 11 is 1.09. The minimum Gasteiger partial charge on any atom is -0.394 e. The molecule has 2 amide bonds. The largest absolute Gasteiger partial charge is 0.394 e. The highest BCUT2D eigenvalue weighted by atomic mass is 32.1. The van der Waals surface area contributed by atoms with Crippen LogP contribution in [0.15, 0.2) is 12.1 Å². The van der Waals surface area contributed by atoms with Gasteiger partial charge >= 0.3 is 0 Å². The van der Waals surface area contributed by atoms with Gasteiger partial charge in [0.25, 0.3) is 11.8 Å². The fourth-order valence-corrected chi connectivity index (χ4v) is 2.46. The molecular formula is C14H22N2O4S. The minimum absolute atomic E-state index is 0.115. The number of hydrogen-bond acceptors (Lipinski definition) is 5. The van der Waals surface area contributed by atoms with Crippen molar-refractivity contribution in [3.8, 4) is 0 Å². The molecule has 21 heavy (non-hydrogen) atoms. The second kappa shape index (κ2) is 8.76. The van der Waals surface area contributed by atoms with E-state index in [1.807, 2.05) is 13.8 Å². The van der Waals surface area contributed by atoms with Gasteiger partial charge in [0.05, 0.1) is 35.1 Å². The lowest BCUT2D eigenvalue weighted by Gasteiger charge is -2.13. The van der Waals surface area contributed by atoms with Gasteiger partial charge < -0.3 is 20.8 Å². The molecular weight excluding hydrogens is 292 g/mol. The van der Waals surface area contributed by atoms with Crippen LogP contribution in [-0.4, -0.2) is 47.3 Å². The molecule has 2 unspecified atom stereocenters. The van der Waals surface area contributed by atoms with E-state index in [1.165, 1.54) is 0 Å². The molecule has 0 fully saturated rings. The van der Waals surface area contributed by atoms with Crippen LogP contribution in [0, 0.1) is 0 Å². The van der Waals surface area contributed by atoms with E-state index >= 15 is 0 Å². The van der Waals surface area contributed by atoms with Gasteiger partial charge in [0.15, 0.2) is 0 Å². The molecule has 0 aromatic carbocycles. The molecule has 0 aliphatic carbocycles. The third-order valence-electron chi connectivity index (χ3n) is 3.15. The number of hydrogen-bond donors (Lipinski definition) is 4. The lowest BCUT2D eigenvalue weighted by molar-refractivity contribution is 0.0913. The van der Waals surface area contributed by atoms with Crippen LogP contribution in [0.2, 0.25) is 0 Å². The summed E-state index contributed by atoms with van der Waals surface area (Å²) in [6.07, 6.45) is 1.27. The number of aliphatic hydroxyl groups excluding tert-OH is 2. The van der Waals surface area contributed by atoms with Crippen LogP contribution in [-0.2, 0) is 0 Å². The average Bonchev–Trinajstić information content (AvgIpc) is 2.99. The van der Waals surface area contributed by atoms with Crippen LogP contribution in [0.25, 0.3) is 0 Å². The Morgan fingerprint density at radius 1 is 1.00 bits per heavy atom. The molecule has 1 rings (SSSR count). The standard InChI is InChI=1S/C14H22N2O4S/c1-3-9(7-17)15-13(19)11-5-6-12(21-11)14(20)16-10(4-2)8-18/h5-6,9-10,17-18H,3-4,7-8H2,1-2H3,(H,15,19)(H,16,20). The smallest absolute Gasteiger partial charge is 0.261 e. The molecule has 0 spiro atoms. The highest BCUT2D eigenvalue weighted by Crippen LogP contribution is 2.17. The van der Waals surface area contributed by atoms with Crippen LogP contribution in [0.3, 0.4) is 0 Å². The zero-order chi connectivity index (χ0) is 15.8. The van der Waals surface area contributed by atoms with Gasteiger partial charge in [-0.15, -0.1) is 11.3 Å². The molecule has 1 heterocycles. The SMILES string of the molecule is CCC(CO)NC(=O)c1ccc(C(=O)NC(CC)CO)s1. The molecule has 0 bridgehead atoms. The van der Waals surface area contributed by atoms with Crippen LogP contribution in [0.4, 0.5) is 0 Å². The van der Waals surface area contributed by atoms with Crippen LogP contribution in [0.5, 0.6) is 0 Å². The van der Waals surface area contributed by atoms with Gasteiger partial charge in [-0.3, -0.25) is 9.59 Å². The number of nitrogens with one attached hydrogen (secondary N) is 2. The van der Waals surface area contributed by atoms with Crippen molar-refractivity contribution < 1.29 is 19.8 Å². The van der Waals surface area contributed by atoms with Gasteiger partial charge in [-0.25, -0.2) is 0 Å². The van der Waals surface area contributed by atoms with Gasteiger partial charge in [0, 0.05) is 0 Å². The van der Waals surface area contributed by atoms with Crippen molar-refractivity contribution in [1.29, 1.82) is 0 Å². The Hall–Kier alpha value is -1.44. The van der Waals surface area contributed by atoms with E-state index < -0.39 is 0 Å². The fraction of sp³-hybridized carbons (Fsp3) is 0.571. The van der Waals surface area contributed by atoms with E-state index in [9.17, 15) is 9.59 Å². The Balaban J connectivity index is 2.67. The first-order valence-corrected chi connectivity index (χ1v) is 7.80. The minimum atomic E-state index is -0.297. The summed E-state index contributed by atoms with van der Waals surface area (Å²) in [5.41, 5.74) is 0. The number of carbonyl (C=O) groups excluding carboxylic acids is 2. The number of aliphatic hydroxyl groups is 2. The number of thiophene rings is 1. The van der Waals surface area contributed by atoms with Gasteiger partial charge in [-0.1, -0.05) is 13.8 Å². The van der Waals surface area contributed by atoms with Crippen molar-refractivity contribution in [2.45, 2.75) is 38.8 Å². The van der Waals surface area contributed by atoms with Crippen molar-refractivity contribution in [3.05, 3.63) is 21.9 Å². The quantitative estimate of drug-likeness (QED) is 0.569. The van der Waals surface area contributed by atoms with Crippen LogP contribution in [0.1, 0.15) is 46.0 Å². The van der Waals surface area contributed by atoms with Crippen molar-refractivity contribution in [2.75, 3.05) is 13.2 Å². The Bertz CT molecular complexity index is 427. The Morgan fingerprint density at radius 2 is 1.38 bits per heavy atom. The molecule has 0 saturated heterocycles. The van der Waals surface area contributed by atoms with E-state index in [-0.39, 0.29) is 37.1 Å². The molecule has 2 atom stereocenters. The van der Waals surface area contributed by atoms with Gasteiger partial charge in [0.1, 0.15) is 0 Å². The monoisotopic (exact) mass is 314 g/mol. The van der Waals surface area contributed by atoms with E-state index in [2.05, 4.69) is 10.6 Å². The Kier molecular flexibility index (Phi) is 7.35. The molecule has 118 valence electrons. The fourth-order valence-electron chi connectivity index (χ4n) is 1.65. The normalized spacial score (nSPS) is 13.5. The van der Waals surface area contributed by atoms with E-state index in [0.717, 1.165) is 11.3 Å². The lowest BCUT2D eigenvalue weighted by atomic mass is 10.2. The zero-order valence-electron chi connectivity index (χ0n) is 12.3. The van der Waals surface area contributed by atoms with Gasteiger partial charge in [-0.2, -0.15) is 0 Å². The van der Waals surface area contributed by atoms with Gasteiger partial charge in [-0.05, 0) is 25.0 Å². The highest BCUT2D eigenvalue weighted by Gasteiger charge is 2.17. The summed E-state index contributed by atoms with van der Waals surface area (Å²) in [5, 5.41) is 23.5. The molecule has 7 heteroatoms. The molecule has 6 nitrogen and oxygen atoms in total. The third kappa shape index (κ3) is 5.11. The van der Waals surface area contributed by atoms with Crippen LogP contribution < -0.4 is 10.6 Å². The summed E-state index contributed by atoms with van der Waals surface area (Å²) in [4.78, 5) is 24.8. The summed E-state index contributed by atoms with van der Waals surface area (Å²) in [5.74, 6) is -0.594. The second-order valence-electron chi connectivity index (χ2n) is 4.69. The predicted molar refractivity (Wildman–Crippen MR) is 81.6 cm³/mol. The maximum absolute atomic E-state index is 12.0. The molecule has 0 radical (unpaired) electrons. The molecule has 1 aromatic heterocycles. The maximum Gasteiger partial charge on any atom is 0.261 e. The second-order valence-corrected chi connectivity index (χ2v) is 5.77. The van der Waals surface area contributed by atoms with Crippen molar-refractivity contribution in [2.24, 2.45) is 0 Å². The number of carbonyl (C=O) groups is 2. The first-order valence-electron chi connectivity index (χ1n) is 6.98. The molecule has 0 aliphatic heterocycles. The molecule has 4 N–H and O–H groups in total. The molecule has 0 aliphatic rings. The lowest BCUT2D eigenvalue weighted by Crippen LogP contribution is -2.37. The topological polar surface area (TPSA) is 98.7 Å². The van der Waals surface area contributed by atoms with Crippen molar-refractivity contribution >= 4 is 23.2 Å². The van der Waals surface area contributed by atoms with Crippen LogP contribution >= 0.6 is 11.3 Å². The van der Waals surface area contributed by atoms with Crippen molar-refractivity contribution in [3.63, 3.8) is 0 Å². The average molecular weight is 314 g/mol. The summed E-state index contributed by atoms with van der Waals surface area (Å²) in [6, 6.07) is 2.60. The zero-order valence-corrected chi connectivity index (χ0v) is 13.1. The highest BCUT2D eigenvalue weighted by molar-refractivity contribution is 7.15. The first-order chi connectivity index (χ1) is 10.0. The Morgan fingerprint density at radius 3 is 1.67 bits per heavy atom. The molecule has 0 saturated carbocycles. The van der Waals surface area contributed by atoms with E-state index in [4.69, 9.17) is 10.2 Å². The summed E-state index contributed by atoms with van der Waals surface area (Å²) in [7, 11) is 0. The number of amides is 2. The summed E-state index contributed by atoms with van der Waals surface area (Å²) in [6.45, 7) is 3.51. The van der Waals surface area contributed by atoms with Crippen molar-refractivity contribution in [1.82, 2.24) is 10.6 Å². The number of rotatable bonds is 8.